The number of hydrogen-bond acceptors (Lipinski definition) is 4. The summed E-state index contributed by atoms with van der Waals surface area (Å²) in [6.45, 7) is 3.57. The first-order chi connectivity index (χ1) is 10.4. The van der Waals surface area contributed by atoms with E-state index in [0.29, 0.717) is 11.3 Å². The minimum atomic E-state index is -0.741. The summed E-state index contributed by atoms with van der Waals surface area (Å²) in [5.74, 6) is 0.158. The zero-order valence-corrected chi connectivity index (χ0v) is 12.3. The summed E-state index contributed by atoms with van der Waals surface area (Å²) >= 11 is 0. The summed E-state index contributed by atoms with van der Waals surface area (Å²) < 4.78 is 5.30. The molecule has 2 aromatic rings. The van der Waals surface area contributed by atoms with Crippen molar-refractivity contribution >= 4 is 12.0 Å². The summed E-state index contributed by atoms with van der Waals surface area (Å²) in [5, 5.41) is 21.4. The van der Waals surface area contributed by atoms with Crippen LogP contribution in [0.3, 0.4) is 0 Å². The molecule has 1 heterocycles. The molecule has 0 aliphatic rings. The molecule has 0 fully saturated rings. The van der Waals surface area contributed by atoms with E-state index in [1.165, 1.54) is 24.5 Å². The van der Waals surface area contributed by atoms with Crippen LogP contribution >= 0.6 is 0 Å². The van der Waals surface area contributed by atoms with Crippen LogP contribution in [0.5, 0.6) is 5.75 Å². The lowest BCUT2D eigenvalue weighted by Crippen LogP contribution is -2.41. The number of phenols is 1. The van der Waals surface area contributed by atoms with Crippen molar-refractivity contribution in [3.05, 3.63) is 59.6 Å². The number of benzene rings is 1. The molecule has 0 saturated carbocycles. The Hall–Kier alpha value is -3.00. The SMILES string of the molecule is CC(C)(NC(=O)/C(C#N)=C/c1cccc(O)c1)c1ccco1. The molecule has 2 N–H and O–H groups in total. The summed E-state index contributed by atoms with van der Waals surface area (Å²) in [4.78, 5) is 12.3. The van der Waals surface area contributed by atoms with Crippen molar-refractivity contribution in [2.75, 3.05) is 0 Å². The molecule has 22 heavy (non-hydrogen) atoms. The van der Waals surface area contributed by atoms with Gasteiger partial charge in [-0.2, -0.15) is 5.26 Å². The fourth-order valence-electron chi connectivity index (χ4n) is 1.98. The molecule has 1 amide bonds. The molecule has 0 saturated heterocycles. The van der Waals surface area contributed by atoms with Gasteiger partial charge in [0.15, 0.2) is 0 Å². The smallest absolute Gasteiger partial charge is 0.262 e. The number of furan rings is 1. The van der Waals surface area contributed by atoms with Gasteiger partial charge in [0.05, 0.1) is 11.8 Å². The lowest BCUT2D eigenvalue weighted by molar-refractivity contribution is -0.118. The summed E-state index contributed by atoms with van der Waals surface area (Å²) in [5.41, 5.74) is -0.220. The highest BCUT2D eigenvalue weighted by Gasteiger charge is 2.27. The standard InChI is InChI=1S/C17H16N2O3/c1-17(2,15-7-4-8-22-15)19-16(21)13(11-18)9-12-5-3-6-14(20)10-12/h3-10,20H,1-2H3,(H,19,21)/b13-9+. The van der Waals surface area contributed by atoms with E-state index in [2.05, 4.69) is 5.32 Å². The van der Waals surface area contributed by atoms with Gasteiger partial charge in [-0.3, -0.25) is 4.79 Å². The van der Waals surface area contributed by atoms with Gasteiger partial charge in [0.1, 0.15) is 23.2 Å². The number of phenolic OH excluding ortho intramolecular Hbond substituents is 1. The summed E-state index contributed by atoms with van der Waals surface area (Å²) in [7, 11) is 0. The van der Waals surface area contributed by atoms with Crippen LogP contribution in [-0.4, -0.2) is 11.0 Å². The number of carbonyl (C=O) groups excluding carboxylic acids is 1. The van der Waals surface area contributed by atoms with E-state index < -0.39 is 11.4 Å². The molecule has 0 aliphatic carbocycles. The van der Waals surface area contributed by atoms with E-state index >= 15 is 0 Å². The molecule has 2 rings (SSSR count). The topological polar surface area (TPSA) is 86.3 Å². The van der Waals surface area contributed by atoms with Crippen LogP contribution in [0.4, 0.5) is 0 Å². The Morgan fingerprint density at radius 3 is 2.73 bits per heavy atom. The largest absolute Gasteiger partial charge is 0.508 e. The number of hydrogen-bond donors (Lipinski definition) is 2. The van der Waals surface area contributed by atoms with E-state index in [4.69, 9.17) is 4.42 Å². The van der Waals surface area contributed by atoms with Crippen molar-refractivity contribution in [1.82, 2.24) is 5.32 Å². The molecule has 0 atom stereocenters. The molecule has 1 aromatic heterocycles. The second kappa shape index (κ2) is 6.19. The third-order valence-electron chi connectivity index (χ3n) is 3.11. The normalized spacial score (nSPS) is 11.8. The van der Waals surface area contributed by atoms with Crippen LogP contribution in [-0.2, 0) is 10.3 Å². The molecule has 5 heteroatoms. The van der Waals surface area contributed by atoms with Gasteiger partial charge in [-0.15, -0.1) is 0 Å². The number of nitrogens with one attached hydrogen (secondary N) is 1. The van der Waals surface area contributed by atoms with Crippen LogP contribution in [0.25, 0.3) is 6.08 Å². The Morgan fingerprint density at radius 1 is 1.36 bits per heavy atom. The Kier molecular flexibility index (Phi) is 4.33. The fourth-order valence-corrected chi connectivity index (χ4v) is 1.98. The van der Waals surface area contributed by atoms with Crippen molar-refractivity contribution in [2.45, 2.75) is 19.4 Å². The Bertz CT molecular complexity index is 738. The second-order valence-electron chi connectivity index (χ2n) is 5.32. The predicted octanol–water partition coefficient (Wildman–Crippen LogP) is 2.94. The molecule has 0 spiro atoms. The molecular weight excluding hydrogens is 280 g/mol. The first-order valence-electron chi connectivity index (χ1n) is 6.70. The maximum atomic E-state index is 12.3. The average Bonchev–Trinajstić information content (AvgIpc) is 2.99. The van der Waals surface area contributed by atoms with Gasteiger partial charge in [-0.25, -0.2) is 0 Å². The van der Waals surface area contributed by atoms with E-state index in [1.54, 1.807) is 38.1 Å². The van der Waals surface area contributed by atoms with Gasteiger partial charge in [0.2, 0.25) is 0 Å². The monoisotopic (exact) mass is 296 g/mol. The zero-order valence-electron chi connectivity index (χ0n) is 12.3. The van der Waals surface area contributed by atoms with Gasteiger partial charge in [-0.1, -0.05) is 12.1 Å². The Labute approximate surface area is 128 Å². The molecule has 0 aliphatic heterocycles. The van der Waals surface area contributed by atoms with Crippen molar-refractivity contribution in [1.29, 1.82) is 5.26 Å². The van der Waals surface area contributed by atoms with Crippen molar-refractivity contribution in [2.24, 2.45) is 0 Å². The van der Waals surface area contributed by atoms with Crippen LogP contribution in [0, 0.1) is 11.3 Å². The van der Waals surface area contributed by atoms with Crippen LogP contribution in [0.15, 0.2) is 52.7 Å². The maximum absolute atomic E-state index is 12.3. The molecule has 112 valence electrons. The fraction of sp³-hybridized carbons (Fsp3) is 0.176. The minimum Gasteiger partial charge on any atom is -0.508 e. The zero-order chi connectivity index (χ0) is 16.2. The third kappa shape index (κ3) is 3.55. The van der Waals surface area contributed by atoms with Gasteiger partial charge >= 0.3 is 0 Å². The van der Waals surface area contributed by atoms with E-state index in [9.17, 15) is 15.2 Å². The van der Waals surface area contributed by atoms with Crippen molar-refractivity contribution < 1.29 is 14.3 Å². The highest BCUT2D eigenvalue weighted by atomic mass is 16.3. The highest BCUT2D eigenvalue weighted by molar-refractivity contribution is 6.02. The van der Waals surface area contributed by atoms with E-state index in [0.717, 1.165) is 0 Å². The van der Waals surface area contributed by atoms with Crippen LogP contribution in [0.2, 0.25) is 0 Å². The maximum Gasteiger partial charge on any atom is 0.262 e. The lowest BCUT2D eigenvalue weighted by atomic mass is 10.0. The average molecular weight is 296 g/mol. The summed E-state index contributed by atoms with van der Waals surface area (Å²) in [6.07, 6.45) is 2.95. The Morgan fingerprint density at radius 2 is 2.14 bits per heavy atom. The number of rotatable bonds is 4. The quantitative estimate of drug-likeness (QED) is 0.671. The van der Waals surface area contributed by atoms with Crippen LogP contribution < -0.4 is 5.32 Å². The van der Waals surface area contributed by atoms with E-state index in [1.807, 2.05) is 6.07 Å². The van der Waals surface area contributed by atoms with Gasteiger partial charge in [0.25, 0.3) is 5.91 Å². The number of nitrogens with zero attached hydrogens (tertiary/aromatic N) is 1. The number of nitriles is 1. The van der Waals surface area contributed by atoms with Crippen LogP contribution in [0.1, 0.15) is 25.2 Å². The van der Waals surface area contributed by atoms with Gasteiger partial charge in [-0.05, 0) is 49.8 Å². The third-order valence-corrected chi connectivity index (χ3v) is 3.11. The van der Waals surface area contributed by atoms with Crippen molar-refractivity contribution in [3.8, 4) is 11.8 Å². The second-order valence-corrected chi connectivity index (χ2v) is 5.32. The lowest BCUT2D eigenvalue weighted by Gasteiger charge is -2.23. The molecular formula is C17H16N2O3. The van der Waals surface area contributed by atoms with Crippen molar-refractivity contribution in [3.63, 3.8) is 0 Å². The number of amides is 1. The van der Waals surface area contributed by atoms with E-state index in [-0.39, 0.29) is 11.3 Å². The Balaban J connectivity index is 2.21. The summed E-state index contributed by atoms with van der Waals surface area (Å²) in [6, 6.07) is 11.7. The highest BCUT2D eigenvalue weighted by Crippen LogP contribution is 2.21. The minimum absolute atomic E-state index is 0.0507. The number of aromatic hydroxyl groups is 1. The first-order valence-corrected chi connectivity index (χ1v) is 6.70. The molecule has 1 aromatic carbocycles. The molecule has 0 unspecified atom stereocenters. The predicted molar refractivity (Wildman–Crippen MR) is 81.6 cm³/mol. The van der Waals surface area contributed by atoms with Gasteiger partial charge in [0, 0.05) is 0 Å². The first kappa shape index (κ1) is 15.4. The van der Waals surface area contributed by atoms with Gasteiger partial charge < -0.3 is 14.8 Å². The molecule has 0 bridgehead atoms. The number of carbonyl (C=O) groups is 1. The molecule has 5 nitrogen and oxygen atoms in total. The molecule has 0 radical (unpaired) electrons.